The standard InChI is InChI=1S/C7H5BrN2S/c1-4-10-6-5(8)2-3-9-7(6)11-4/h2-3H,1H3. The van der Waals surface area contributed by atoms with Gasteiger partial charge in [0.15, 0.2) is 0 Å². The summed E-state index contributed by atoms with van der Waals surface area (Å²) in [6.45, 7) is 1.98. The number of hydrogen-bond acceptors (Lipinski definition) is 3. The van der Waals surface area contributed by atoms with E-state index >= 15 is 0 Å². The van der Waals surface area contributed by atoms with E-state index in [2.05, 4.69) is 25.9 Å². The monoisotopic (exact) mass is 228 g/mol. The molecular weight excluding hydrogens is 224 g/mol. The lowest BCUT2D eigenvalue weighted by molar-refractivity contribution is 1.32. The smallest absolute Gasteiger partial charge is 0.144 e. The molecule has 0 amide bonds. The molecule has 0 aliphatic rings. The SMILES string of the molecule is Cc1nc2c(Br)ccnc2s1. The molecular formula is C7H5BrN2S. The molecule has 2 aromatic rings. The van der Waals surface area contributed by atoms with Crippen LogP contribution in [-0.4, -0.2) is 9.97 Å². The van der Waals surface area contributed by atoms with E-state index in [1.807, 2.05) is 13.0 Å². The number of hydrogen-bond donors (Lipinski definition) is 0. The van der Waals surface area contributed by atoms with Gasteiger partial charge in [-0.1, -0.05) is 11.3 Å². The van der Waals surface area contributed by atoms with Crippen LogP contribution in [0, 0.1) is 6.92 Å². The van der Waals surface area contributed by atoms with Gasteiger partial charge in [0, 0.05) is 10.7 Å². The fourth-order valence-corrected chi connectivity index (χ4v) is 2.22. The van der Waals surface area contributed by atoms with Crippen molar-refractivity contribution in [2.45, 2.75) is 6.92 Å². The molecule has 0 unspecified atom stereocenters. The molecule has 0 aliphatic carbocycles. The summed E-state index contributed by atoms with van der Waals surface area (Å²) < 4.78 is 1.02. The molecule has 0 aliphatic heterocycles. The van der Waals surface area contributed by atoms with Crippen LogP contribution in [0.3, 0.4) is 0 Å². The fourth-order valence-electron chi connectivity index (χ4n) is 0.909. The maximum absolute atomic E-state index is 4.32. The van der Waals surface area contributed by atoms with Crippen molar-refractivity contribution >= 4 is 37.6 Å². The van der Waals surface area contributed by atoms with Gasteiger partial charge in [-0.15, -0.1) is 0 Å². The summed E-state index contributed by atoms with van der Waals surface area (Å²) >= 11 is 5.03. The molecule has 0 spiro atoms. The third-order valence-electron chi connectivity index (χ3n) is 1.36. The summed E-state index contributed by atoms with van der Waals surface area (Å²) in [5.41, 5.74) is 0.968. The molecule has 56 valence electrons. The van der Waals surface area contributed by atoms with Crippen molar-refractivity contribution in [3.05, 3.63) is 21.7 Å². The Bertz CT molecular complexity index is 396. The van der Waals surface area contributed by atoms with Crippen molar-refractivity contribution in [2.24, 2.45) is 0 Å². The van der Waals surface area contributed by atoms with Gasteiger partial charge < -0.3 is 0 Å². The molecule has 0 bridgehead atoms. The van der Waals surface area contributed by atoms with Crippen LogP contribution in [0.1, 0.15) is 5.01 Å². The maximum Gasteiger partial charge on any atom is 0.144 e. The van der Waals surface area contributed by atoms with Gasteiger partial charge in [-0.3, -0.25) is 0 Å². The van der Waals surface area contributed by atoms with Crippen molar-refractivity contribution in [1.29, 1.82) is 0 Å². The molecule has 2 nitrogen and oxygen atoms in total. The molecule has 0 aromatic carbocycles. The number of aryl methyl sites for hydroxylation is 1. The van der Waals surface area contributed by atoms with Crippen LogP contribution < -0.4 is 0 Å². The van der Waals surface area contributed by atoms with Crippen molar-refractivity contribution in [2.75, 3.05) is 0 Å². The van der Waals surface area contributed by atoms with E-state index < -0.39 is 0 Å². The zero-order valence-corrected chi connectivity index (χ0v) is 8.24. The first kappa shape index (κ1) is 7.18. The van der Waals surface area contributed by atoms with Gasteiger partial charge in [-0.2, -0.15) is 0 Å². The van der Waals surface area contributed by atoms with Crippen molar-refractivity contribution in [1.82, 2.24) is 9.97 Å². The lowest BCUT2D eigenvalue weighted by atomic mass is 10.5. The zero-order valence-electron chi connectivity index (χ0n) is 5.84. The summed E-state index contributed by atoms with van der Waals surface area (Å²) in [5.74, 6) is 0. The molecule has 11 heavy (non-hydrogen) atoms. The topological polar surface area (TPSA) is 25.8 Å². The number of nitrogens with zero attached hydrogens (tertiary/aromatic N) is 2. The molecule has 4 heteroatoms. The van der Waals surface area contributed by atoms with Gasteiger partial charge in [0.25, 0.3) is 0 Å². The second-order valence-electron chi connectivity index (χ2n) is 2.18. The van der Waals surface area contributed by atoms with Crippen molar-refractivity contribution in [3.63, 3.8) is 0 Å². The highest BCUT2D eigenvalue weighted by molar-refractivity contribution is 9.10. The first-order chi connectivity index (χ1) is 5.27. The Hall–Kier alpha value is -0.480. The Labute approximate surface area is 76.4 Å². The van der Waals surface area contributed by atoms with E-state index in [-0.39, 0.29) is 0 Å². The zero-order chi connectivity index (χ0) is 7.84. The Morgan fingerprint density at radius 3 is 3.09 bits per heavy atom. The average Bonchev–Trinajstić information content (AvgIpc) is 2.31. The van der Waals surface area contributed by atoms with E-state index in [0.29, 0.717) is 0 Å². The van der Waals surface area contributed by atoms with Gasteiger partial charge in [0.2, 0.25) is 0 Å². The molecule has 0 saturated carbocycles. The molecule has 0 radical (unpaired) electrons. The number of rotatable bonds is 0. The highest BCUT2D eigenvalue weighted by atomic mass is 79.9. The molecule has 0 atom stereocenters. The Kier molecular flexibility index (Phi) is 1.65. The van der Waals surface area contributed by atoms with Gasteiger partial charge in [0.05, 0.1) is 5.01 Å². The van der Waals surface area contributed by atoms with Crippen LogP contribution in [0.2, 0.25) is 0 Å². The number of thiazole rings is 1. The minimum atomic E-state index is 0.968. The minimum Gasteiger partial charge on any atom is -0.244 e. The summed E-state index contributed by atoms with van der Waals surface area (Å²) in [6, 6.07) is 1.90. The van der Waals surface area contributed by atoms with Crippen molar-refractivity contribution < 1.29 is 0 Å². The number of aromatic nitrogens is 2. The van der Waals surface area contributed by atoms with E-state index in [1.54, 1.807) is 17.5 Å². The normalized spacial score (nSPS) is 10.7. The number of pyridine rings is 1. The summed E-state index contributed by atoms with van der Waals surface area (Å²) in [7, 11) is 0. The first-order valence-electron chi connectivity index (χ1n) is 3.15. The molecule has 2 aromatic heterocycles. The number of halogens is 1. The van der Waals surface area contributed by atoms with Crippen LogP contribution in [0.15, 0.2) is 16.7 Å². The van der Waals surface area contributed by atoms with Crippen LogP contribution >= 0.6 is 27.3 Å². The lowest BCUT2D eigenvalue weighted by Gasteiger charge is -1.87. The maximum atomic E-state index is 4.32. The second-order valence-corrected chi connectivity index (χ2v) is 4.22. The van der Waals surface area contributed by atoms with Gasteiger partial charge >= 0.3 is 0 Å². The molecule has 2 rings (SSSR count). The lowest BCUT2D eigenvalue weighted by Crippen LogP contribution is -1.73. The predicted octanol–water partition coefficient (Wildman–Crippen LogP) is 2.76. The van der Waals surface area contributed by atoms with Crippen LogP contribution in [-0.2, 0) is 0 Å². The van der Waals surface area contributed by atoms with E-state index in [9.17, 15) is 0 Å². The van der Waals surface area contributed by atoms with Crippen LogP contribution in [0.4, 0.5) is 0 Å². The quantitative estimate of drug-likeness (QED) is 0.694. The summed E-state index contributed by atoms with van der Waals surface area (Å²) in [4.78, 5) is 9.51. The Morgan fingerprint density at radius 2 is 2.36 bits per heavy atom. The van der Waals surface area contributed by atoms with Crippen LogP contribution in [0.5, 0.6) is 0 Å². The van der Waals surface area contributed by atoms with Gasteiger partial charge in [-0.25, -0.2) is 9.97 Å². The summed E-state index contributed by atoms with van der Waals surface area (Å²) in [5, 5.41) is 1.06. The Morgan fingerprint density at radius 1 is 1.55 bits per heavy atom. The van der Waals surface area contributed by atoms with E-state index in [0.717, 1.165) is 19.8 Å². The average molecular weight is 229 g/mol. The fraction of sp³-hybridized carbons (Fsp3) is 0.143. The molecule has 0 N–H and O–H groups in total. The van der Waals surface area contributed by atoms with E-state index in [4.69, 9.17) is 0 Å². The predicted molar refractivity (Wildman–Crippen MR) is 49.9 cm³/mol. The molecule has 0 fully saturated rings. The highest BCUT2D eigenvalue weighted by Crippen LogP contribution is 2.25. The first-order valence-corrected chi connectivity index (χ1v) is 4.76. The number of fused-ring (bicyclic) bond motifs is 1. The summed E-state index contributed by atoms with van der Waals surface area (Å²) in [6.07, 6.45) is 1.78. The van der Waals surface area contributed by atoms with E-state index in [1.165, 1.54) is 0 Å². The largest absolute Gasteiger partial charge is 0.244 e. The third-order valence-corrected chi connectivity index (χ3v) is 2.87. The third kappa shape index (κ3) is 1.16. The second kappa shape index (κ2) is 2.53. The Balaban J connectivity index is 2.90. The highest BCUT2D eigenvalue weighted by Gasteiger charge is 2.03. The van der Waals surface area contributed by atoms with Gasteiger partial charge in [0.1, 0.15) is 10.3 Å². The minimum absolute atomic E-state index is 0.968. The van der Waals surface area contributed by atoms with Crippen molar-refractivity contribution in [3.8, 4) is 0 Å². The van der Waals surface area contributed by atoms with Crippen LogP contribution in [0.25, 0.3) is 10.3 Å². The molecule has 2 heterocycles. The molecule has 0 saturated heterocycles. The van der Waals surface area contributed by atoms with Gasteiger partial charge in [-0.05, 0) is 28.9 Å².